The molecule has 3 heteroatoms. The Labute approximate surface area is 143 Å². The molecule has 1 aliphatic heterocycles. The number of amides is 1. The van der Waals surface area contributed by atoms with E-state index in [4.69, 9.17) is 4.74 Å². The average molecular weight is 324 g/mol. The molecule has 0 aromatic rings. The van der Waals surface area contributed by atoms with Crippen LogP contribution >= 0.6 is 0 Å². The van der Waals surface area contributed by atoms with Gasteiger partial charge in [0.2, 0.25) is 5.91 Å². The van der Waals surface area contributed by atoms with Gasteiger partial charge in [-0.05, 0) is 76.5 Å². The summed E-state index contributed by atoms with van der Waals surface area (Å²) in [6, 6.07) is 0. The van der Waals surface area contributed by atoms with Crippen molar-refractivity contribution < 1.29 is 9.53 Å². The summed E-state index contributed by atoms with van der Waals surface area (Å²) in [7, 11) is 0. The van der Waals surface area contributed by atoms with E-state index in [2.05, 4.69) is 32.6 Å². The lowest BCUT2D eigenvalue weighted by Gasteiger charge is -2.34. The van der Waals surface area contributed by atoms with Crippen molar-refractivity contribution in [3.63, 3.8) is 0 Å². The van der Waals surface area contributed by atoms with Crippen LogP contribution < -0.4 is 0 Å². The highest BCUT2D eigenvalue weighted by atomic mass is 16.5. The second kappa shape index (κ2) is 9.05. The standard InChI is InChI=1S/C20H37NO2/c1-15(2)18-11-13-21(14-12-18)20(22)10-7-17-5-8-19(9-6-17)23-16(3)4/h15-19H,5-14H2,1-4H3/t17-,19-. The van der Waals surface area contributed by atoms with E-state index >= 15 is 0 Å². The number of rotatable bonds is 6. The number of hydrogen-bond donors (Lipinski definition) is 0. The van der Waals surface area contributed by atoms with Gasteiger partial charge in [-0.3, -0.25) is 4.79 Å². The Bertz CT molecular complexity index is 351. The lowest BCUT2D eigenvalue weighted by molar-refractivity contribution is -0.133. The molecule has 2 aliphatic rings. The summed E-state index contributed by atoms with van der Waals surface area (Å²) in [5, 5.41) is 0. The van der Waals surface area contributed by atoms with Crippen molar-refractivity contribution in [1.82, 2.24) is 4.90 Å². The molecule has 2 rings (SSSR count). The molecule has 2 fully saturated rings. The summed E-state index contributed by atoms with van der Waals surface area (Å²) in [5.41, 5.74) is 0. The van der Waals surface area contributed by atoms with Gasteiger partial charge in [-0.1, -0.05) is 13.8 Å². The zero-order valence-corrected chi connectivity index (χ0v) is 15.7. The third-order valence-corrected chi connectivity index (χ3v) is 5.86. The molecule has 134 valence electrons. The molecule has 1 heterocycles. The van der Waals surface area contributed by atoms with E-state index in [-0.39, 0.29) is 0 Å². The first-order valence-corrected chi connectivity index (χ1v) is 9.89. The monoisotopic (exact) mass is 323 g/mol. The number of piperidine rings is 1. The molecule has 0 aromatic heterocycles. The van der Waals surface area contributed by atoms with Gasteiger partial charge in [0.05, 0.1) is 12.2 Å². The van der Waals surface area contributed by atoms with Crippen LogP contribution in [0.2, 0.25) is 0 Å². The predicted octanol–water partition coefficient (Wildman–Crippen LogP) is 4.65. The molecule has 0 bridgehead atoms. The fourth-order valence-corrected chi connectivity index (χ4v) is 4.24. The fourth-order valence-electron chi connectivity index (χ4n) is 4.24. The van der Waals surface area contributed by atoms with E-state index in [1.54, 1.807) is 0 Å². The molecule has 1 amide bonds. The Morgan fingerprint density at radius 3 is 2.13 bits per heavy atom. The molecule has 1 saturated carbocycles. The smallest absolute Gasteiger partial charge is 0.222 e. The fraction of sp³-hybridized carbons (Fsp3) is 0.950. The van der Waals surface area contributed by atoms with Crippen molar-refractivity contribution >= 4 is 5.91 Å². The Morgan fingerprint density at radius 2 is 1.61 bits per heavy atom. The van der Waals surface area contributed by atoms with Gasteiger partial charge in [0, 0.05) is 19.5 Å². The van der Waals surface area contributed by atoms with Crippen molar-refractivity contribution in [3.8, 4) is 0 Å². The average Bonchev–Trinajstić information content (AvgIpc) is 2.53. The molecule has 0 radical (unpaired) electrons. The largest absolute Gasteiger partial charge is 0.376 e. The second-order valence-electron chi connectivity index (χ2n) is 8.33. The van der Waals surface area contributed by atoms with Crippen LogP contribution in [0, 0.1) is 17.8 Å². The summed E-state index contributed by atoms with van der Waals surface area (Å²) in [6.07, 6.45) is 9.85. The van der Waals surface area contributed by atoms with E-state index in [0.29, 0.717) is 18.1 Å². The van der Waals surface area contributed by atoms with Gasteiger partial charge in [0.1, 0.15) is 0 Å². The van der Waals surface area contributed by atoms with Crippen LogP contribution in [0.5, 0.6) is 0 Å². The van der Waals surface area contributed by atoms with Gasteiger partial charge in [-0.2, -0.15) is 0 Å². The molecular weight excluding hydrogens is 286 g/mol. The molecule has 1 saturated heterocycles. The first-order valence-electron chi connectivity index (χ1n) is 9.89. The zero-order chi connectivity index (χ0) is 16.8. The summed E-state index contributed by atoms with van der Waals surface area (Å²) < 4.78 is 5.91. The Balaban J connectivity index is 1.62. The minimum absolute atomic E-state index is 0.340. The highest BCUT2D eigenvalue weighted by molar-refractivity contribution is 5.76. The quantitative estimate of drug-likeness (QED) is 0.712. The third-order valence-electron chi connectivity index (χ3n) is 5.86. The van der Waals surface area contributed by atoms with Gasteiger partial charge >= 0.3 is 0 Å². The van der Waals surface area contributed by atoms with E-state index < -0.39 is 0 Å². The molecular formula is C20H37NO2. The summed E-state index contributed by atoms with van der Waals surface area (Å²) in [5.74, 6) is 2.71. The molecule has 0 N–H and O–H groups in total. The lowest BCUT2D eigenvalue weighted by atomic mass is 9.84. The summed E-state index contributed by atoms with van der Waals surface area (Å²) in [6.45, 7) is 10.8. The first kappa shape index (κ1) is 18.8. The number of carbonyl (C=O) groups is 1. The van der Waals surface area contributed by atoms with Crippen molar-refractivity contribution in [3.05, 3.63) is 0 Å². The van der Waals surface area contributed by atoms with Crippen LogP contribution in [0.15, 0.2) is 0 Å². The van der Waals surface area contributed by atoms with Crippen molar-refractivity contribution in [2.45, 2.75) is 91.3 Å². The Kier molecular flexibility index (Phi) is 7.39. The lowest BCUT2D eigenvalue weighted by Crippen LogP contribution is -2.39. The SMILES string of the molecule is CC(C)O[C@H]1CC[C@H](CCC(=O)N2CCC(C(C)C)CC2)CC1. The van der Waals surface area contributed by atoms with Crippen LogP contribution in [-0.2, 0) is 9.53 Å². The van der Waals surface area contributed by atoms with Gasteiger partial charge in [-0.25, -0.2) is 0 Å². The minimum atomic E-state index is 0.340. The van der Waals surface area contributed by atoms with E-state index in [1.807, 2.05) is 0 Å². The van der Waals surface area contributed by atoms with Gasteiger partial charge in [-0.15, -0.1) is 0 Å². The number of likely N-dealkylation sites (tertiary alicyclic amines) is 1. The molecule has 3 nitrogen and oxygen atoms in total. The number of ether oxygens (including phenoxy) is 1. The Morgan fingerprint density at radius 1 is 1.00 bits per heavy atom. The molecule has 0 unspecified atom stereocenters. The highest BCUT2D eigenvalue weighted by Crippen LogP contribution is 2.31. The normalized spacial score (nSPS) is 27.0. The van der Waals surface area contributed by atoms with Gasteiger partial charge in [0.25, 0.3) is 0 Å². The minimum Gasteiger partial charge on any atom is -0.376 e. The van der Waals surface area contributed by atoms with E-state index in [0.717, 1.165) is 43.7 Å². The van der Waals surface area contributed by atoms with Crippen LogP contribution in [0.1, 0.15) is 79.1 Å². The van der Waals surface area contributed by atoms with Gasteiger partial charge < -0.3 is 9.64 Å². The van der Waals surface area contributed by atoms with Crippen LogP contribution in [-0.4, -0.2) is 36.1 Å². The Hall–Kier alpha value is -0.570. The molecule has 0 aromatic carbocycles. The molecule has 0 spiro atoms. The first-order chi connectivity index (χ1) is 11.0. The van der Waals surface area contributed by atoms with E-state index in [1.165, 1.54) is 38.5 Å². The number of carbonyl (C=O) groups excluding carboxylic acids is 1. The predicted molar refractivity (Wildman–Crippen MR) is 95.3 cm³/mol. The highest BCUT2D eigenvalue weighted by Gasteiger charge is 2.26. The molecule has 23 heavy (non-hydrogen) atoms. The third kappa shape index (κ3) is 6.10. The van der Waals surface area contributed by atoms with E-state index in [9.17, 15) is 4.79 Å². The zero-order valence-electron chi connectivity index (χ0n) is 15.7. The summed E-state index contributed by atoms with van der Waals surface area (Å²) >= 11 is 0. The van der Waals surface area contributed by atoms with Gasteiger partial charge in [0.15, 0.2) is 0 Å². The maximum Gasteiger partial charge on any atom is 0.222 e. The topological polar surface area (TPSA) is 29.5 Å². The van der Waals surface area contributed by atoms with Crippen LogP contribution in [0.3, 0.4) is 0 Å². The van der Waals surface area contributed by atoms with Crippen LogP contribution in [0.4, 0.5) is 0 Å². The summed E-state index contributed by atoms with van der Waals surface area (Å²) in [4.78, 5) is 14.5. The second-order valence-corrected chi connectivity index (χ2v) is 8.33. The maximum atomic E-state index is 12.4. The maximum absolute atomic E-state index is 12.4. The van der Waals surface area contributed by atoms with Crippen molar-refractivity contribution in [2.75, 3.05) is 13.1 Å². The van der Waals surface area contributed by atoms with Crippen molar-refractivity contribution in [1.29, 1.82) is 0 Å². The molecule has 1 aliphatic carbocycles. The number of hydrogen-bond acceptors (Lipinski definition) is 2. The van der Waals surface area contributed by atoms with Crippen molar-refractivity contribution in [2.24, 2.45) is 17.8 Å². The number of nitrogens with zero attached hydrogens (tertiary/aromatic N) is 1. The molecule has 0 atom stereocenters. The van der Waals surface area contributed by atoms with Crippen LogP contribution in [0.25, 0.3) is 0 Å².